The molecule has 50 heavy (non-hydrogen) atoms. The molecular formula is C49H37N. The Morgan fingerprint density at radius 2 is 1.00 bits per heavy atom. The summed E-state index contributed by atoms with van der Waals surface area (Å²) in [5, 5.41) is 2.45. The number of hydrogen-bond donors (Lipinski definition) is 0. The van der Waals surface area contributed by atoms with E-state index in [1.165, 1.54) is 66.4 Å². The molecule has 8 aromatic carbocycles. The standard InChI is InChI=1S/C49H37N/c1-49(2)44-25-15-14-24-42(44)43-33-39(28-30-45(43)49)50(46-31-27-36-20-12-13-23-41(36)48(46)37-21-10-5-11-22-37)47-32-38(34-16-6-3-7-17-34)26-29-40(47)35-18-8-4-9-19-35/h3-33H,1-2H3. The van der Waals surface area contributed by atoms with Gasteiger partial charge in [-0.05, 0) is 79.5 Å². The summed E-state index contributed by atoms with van der Waals surface area (Å²) in [6, 6.07) is 68.7. The lowest BCUT2D eigenvalue weighted by molar-refractivity contribution is 0.660. The highest BCUT2D eigenvalue weighted by atomic mass is 15.1. The number of fused-ring (bicyclic) bond motifs is 4. The average Bonchev–Trinajstić information content (AvgIpc) is 3.41. The van der Waals surface area contributed by atoms with E-state index in [1.54, 1.807) is 0 Å². The summed E-state index contributed by atoms with van der Waals surface area (Å²) >= 11 is 0. The fourth-order valence-electron chi connectivity index (χ4n) is 8.00. The molecule has 0 saturated carbocycles. The number of rotatable bonds is 6. The highest BCUT2D eigenvalue weighted by molar-refractivity contribution is 6.07. The van der Waals surface area contributed by atoms with Crippen LogP contribution in [0.4, 0.5) is 17.1 Å². The van der Waals surface area contributed by atoms with Gasteiger partial charge in [0.05, 0.1) is 11.4 Å². The Morgan fingerprint density at radius 1 is 0.380 bits per heavy atom. The van der Waals surface area contributed by atoms with Crippen molar-refractivity contribution in [3.8, 4) is 44.5 Å². The minimum Gasteiger partial charge on any atom is -0.309 e. The summed E-state index contributed by atoms with van der Waals surface area (Å²) in [4.78, 5) is 2.51. The van der Waals surface area contributed by atoms with Crippen LogP contribution in [-0.4, -0.2) is 0 Å². The lowest BCUT2D eigenvalue weighted by atomic mass is 9.82. The molecule has 0 radical (unpaired) electrons. The Bertz CT molecular complexity index is 2490. The third-order valence-electron chi connectivity index (χ3n) is 10.5. The van der Waals surface area contributed by atoms with E-state index in [0.29, 0.717) is 0 Å². The summed E-state index contributed by atoms with van der Waals surface area (Å²) in [7, 11) is 0. The van der Waals surface area contributed by atoms with Gasteiger partial charge >= 0.3 is 0 Å². The van der Waals surface area contributed by atoms with Gasteiger partial charge in [-0.15, -0.1) is 0 Å². The second kappa shape index (κ2) is 12.1. The van der Waals surface area contributed by atoms with E-state index < -0.39 is 0 Å². The number of anilines is 3. The van der Waals surface area contributed by atoms with Crippen LogP contribution < -0.4 is 4.90 Å². The monoisotopic (exact) mass is 639 g/mol. The fourth-order valence-corrected chi connectivity index (χ4v) is 8.00. The molecule has 0 aromatic heterocycles. The van der Waals surface area contributed by atoms with Gasteiger partial charge in [0.2, 0.25) is 0 Å². The second-order valence-electron chi connectivity index (χ2n) is 13.7. The van der Waals surface area contributed by atoms with Crippen molar-refractivity contribution < 1.29 is 0 Å². The maximum absolute atomic E-state index is 2.51. The van der Waals surface area contributed by atoms with Crippen LogP contribution >= 0.6 is 0 Å². The molecule has 1 aliphatic carbocycles. The molecule has 0 heterocycles. The number of hydrogen-bond acceptors (Lipinski definition) is 1. The zero-order valence-electron chi connectivity index (χ0n) is 28.3. The fraction of sp³-hybridized carbons (Fsp3) is 0.0612. The van der Waals surface area contributed by atoms with Gasteiger partial charge in [0.25, 0.3) is 0 Å². The first-order valence-electron chi connectivity index (χ1n) is 17.4. The predicted molar refractivity (Wildman–Crippen MR) is 213 cm³/mol. The molecule has 0 aliphatic heterocycles. The van der Waals surface area contributed by atoms with Crippen molar-refractivity contribution in [3.05, 3.63) is 199 Å². The van der Waals surface area contributed by atoms with Gasteiger partial charge in [0.1, 0.15) is 0 Å². The number of benzene rings is 8. The molecule has 9 rings (SSSR count). The molecule has 1 heteroatoms. The Labute approximate surface area is 294 Å². The molecule has 8 aromatic rings. The van der Waals surface area contributed by atoms with Crippen molar-refractivity contribution in [2.75, 3.05) is 4.90 Å². The molecule has 0 amide bonds. The van der Waals surface area contributed by atoms with E-state index in [9.17, 15) is 0 Å². The first-order valence-corrected chi connectivity index (χ1v) is 17.4. The molecule has 0 fully saturated rings. The van der Waals surface area contributed by atoms with E-state index in [0.717, 1.165) is 17.1 Å². The van der Waals surface area contributed by atoms with Crippen LogP contribution in [0.3, 0.4) is 0 Å². The van der Waals surface area contributed by atoms with Gasteiger partial charge < -0.3 is 4.90 Å². The predicted octanol–water partition coefficient (Wildman–Crippen LogP) is 13.6. The van der Waals surface area contributed by atoms with Crippen LogP contribution in [0.25, 0.3) is 55.3 Å². The van der Waals surface area contributed by atoms with Crippen molar-refractivity contribution in [2.45, 2.75) is 19.3 Å². The van der Waals surface area contributed by atoms with Gasteiger partial charge in [0.15, 0.2) is 0 Å². The zero-order valence-corrected chi connectivity index (χ0v) is 28.3. The Balaban J connectivity index is 1.39. The maximum atomic E-state index is 2.51. The zero-order chi connectivity index (χ0) is 33.7. The van der Waals surface area contributed by atoms with Crippen LogP contribution in [0.2, 0.25) is 0 Å². The van der Waals surface area contributed by atoms with E-state index in [1.807, 2.05) is 0 Å². The molecule has 1 nitrogen and oxygen atoms in total. The molecule has 0 spiro atoms. The van der Waals surface area contributed by atoms with E-state index >= 15 is 0 Å². The second-order valence-corrected chi connectivity index (χ2v) is 13.7. The van der Waals surface area contributed by atoms with Crippen molar-refractivity contribution >= 4 is 27.8 Å². The first-order chi connectivity index (χ1) is 24.6. The molecule has 0 N–H and O–H groups in total. The summed E-state index contributed by atoms with van der Waals surface area (Å²) in [6.07, 6.45) is 0. The lowest BCUT2D eigenvalue weighted by Gasteiger charge is -2.32. The quantitative estimate of drug-likeness (QED) is 0.175. The smallest absolute Gasteiger partial charge is 0.0546 e. The van der Waals surface area contributed by atoms with Crippen molar-refractivity contribution in [1.82, 2.24) is 0 Å². The van der Waals surface area contributed by atoms with Crippen LogP contribution in [0.1, 0.15) is 25.0 Å². The van der Waals surface area contributed by atoms with Gasteiger partial charge in [-0.1, -0.05) is 178 Å². The van der Waals surface area contributed by atoms with Crippen molar-refractivity contribution in [2.24, 2.45) is 0 Å². The van der Waals surface area contributed by atoms with Gasteiger partial charge in [-0.3, -0.25) is 0 Å². The minimum atomic E-state index is -0.0736. The third-order valence-corrected chi connectivity index (χ3v) is 10.5. The molecule has 0 bridgehead atoms. The van der Waals surface area contributed by atoms with Crippen LogP contribution in [0.5, 0.6) is 0 Å². The SMILES string of the molecule is CC1(C)c2ccccc2-c2cc(N(c3cc(-c4ccccc4)ccc3-c3ccccc3)c3ccc4ccccc4c3-c3ccccc3)ccc21. The lowest BCUT2D eigenvalue weighted by Crippen LogP contribution is -2.16. The van der Waals surface area contributed by atoms with E-state index in [2.05, 4.69) is 207 Å². The summed E-state index contributed by atoms with van der Waals surface area (Å²) in [5.74, 6) is 0. The topological polar surface area (TPSA) is 3.24 Å². The van der Waals surface area contributed by atoms with E-state index in [-0.39, 0.29) is 5.41 Å². The van der Waals surface area contributed by atoms with Crippen LogP contribution in [0, 0.1) is 0 Å². The largest absolute Gasteiger partial charge is 0.309 e. The van der Waals surface area contributed by atoms with Gasteiger partial charge in [0, 0.05) is 22.2 Å². The highest BCUT2D eigenvalue weighted by Crippen LogP contribution is 2.53. The Hall–Kier alpha value is -6.18. The number of nitrogens with zero attached hydrogens (tertiary/aromatic N) is 1. The van der Waals surface area contributed by atoms with Crippen molar-refractivity contribution in [1.29, 1.82) is 0 Å². The summed E-state index contributed by atoms with van der Waals surface area (Å²) in [5.41, 5.74) is 15.8. The van der Waals surface area contributed by atoms with Crippen LogP contribution in [-0.2, 0) is 5.41 Å². The minimum absolute atomic E-state index is 0.0736. The summed E-state index contributed by atoms with van der Waals surface area (Å²) in [6.45, 7) is 4.70. The molecule has 0 atom stereocenters. The molecule has 0 unspecified atom stereocenters. The van der Waals surface area contributed by atoms with Gasteiger partial charge in [-0.2, -0.15) is 0 Å². The Morgan fingerprint density at radius 3 is 1.76 bits per heavy atom. The molecular weight excluding hydrogens is 603 g/mol. The molecule has 0 saturated heterocycles. The van der Waals surface area contributed by atoms with E-state index in [4.69, 9.17) is 0 Å². The summed E-state index contributed by atoms with van der Waals surface area (Å²) < 4.78 is 0. The highest BCUT2D eigenvalue weighted by Gasteiger charge is 2.36. The first kappa shape index (κ1) is 29.9. The normalized spacial score (nSPS) is 12.8. The Kier molecular flexibility index (Phi) is 7.21. The van der Waals surface area contributed by atoms with Gasteiger partial charge in [-0.25, -0.2) is 0 Å². The molecule has 1 aliphatic rings. The average molecular weight is 640 g/mol. The van der Waals surface area contributed by atoms with Crippen LogP contribution in [0.15, 0.2) is 188 Å². The van der Waals surface area contributed by atoms with Crippen molar-refractivity contribution in [3.63, 3.8) is 0 Å². The maximum Gasteiger partial charge on any atom is 0.0546 e. The third kappa shape index (κ3) is 4.94. The molecule has 238 valence electrons.